The first-order valence-electron chi connectivity index (χ1n) is 4.40. The minimum absolute atomic E-state index is 0.0134. The lowest BCUT2D eigenvalue weighted by atomic mass is 10.2. The van der Waals surface area contributed by atoms with Crippen LogP contribution >= 0.6 is 0 Å². The number of alkyl halides is 3. The first kappa shape index (κ1) is 13.7. The van der Waals surface area contributed by atoms with E-state index in [-0.39, 0.29) is 11.4 Å². The molecule has 1 aromatic rings. The second-order valence-electron chi connectivity index (χ2n) is 3.33. The highest BCUT2D eigenvalue weighted by Gasteiger charge is 2.45. The van der Waals surface area contributed by atoms with Gasteiger partial charge in [-0.25, -0.2) is 18.1 Å². The average Bonchev–Trinajstić information content (AvgIpc) is 2.18. The molecule has 17 heavy (non-hydrogen) atoms. The van der Waals surface area contributed by atoms with Crippen LogP contribution in [0.25, 0.3) is 0 Å². The lowest BCUT2D eigenvalue weighted by molar-refractivity contribution is -0.0448. The highest BCUT2D eigenvalue weighted by Crippen LogP contribution is 2.22. The topological polar surface area (TPSA) is 85.1 Å². The Kier molecular flexibility index (Phi) is 3.62. The summed E-state index contributed by atoms with van der Waals surface area (Å²) in [6.07, 6.45) is 1.43. The summed E-state index contributed by atoms with van der Waals surface area (Å²) in [6, 6.07) is 1.46. The fourth-order valence-corrected chi connectivity index (χ4v) is 1.55. The summed E-state index contributed by atoms with van der Waals surface area (Å²) in [6.45, 7) is 1.11. The minimum atomic E-state index is -5.36. The quantitative estimate of drug-likeness (QED) is 0.854. The van der Waals surface area contributed by atoms with Crippen molar-refractivity contribution >= 4 is 15.8 Å². The highest BCUT2D eigenvalue weighted by atomic mass is 32.2. The smallest absolute Gasteiger partial charge is 0.383 e. The second-order valence-corrected chi connectivity index (χ2v) is 5.09. The van der Waals surface area contributed by atoms with E-state index in [1.54, 1.807) is 6.92 Å². The van der Waals surface area contributed by atoms with E-state index in [2.05, 4.69) is 4.98 Å². The van der Waals surface area contributed by atoms with Gasteiger partial charge >= 0.3 is 15.5 Å². The third-order valence-electron chi connectivity index (χ3n) is 1.90. The molecule has 0 fully saturated rings. The summed E-state index contributed by atoms with van der Waals surface area (Å²) in [5.74, 6) is -0.0134. The van der Waals surface area contributed by atoms with Crippen molar-refractivity contribution in [1.29, 1.82) is 0 Å². The van der Waals surface area contributed by atoms with E-state index in [4.69, 9.17) is 5.73 Å². The van der Waals surface area contributed by atoms with Gasteiger partial charge in [-0.1, -0.05) is 0 Å². The van der Waals surface area contributed by atoms with Gasteiger partial charge in [0.15, 0.2) is 0 Å². The SMILES string of the molecule is Cc1cnc(N)c(CNS(=O)(=O)C(F)(F)F)c1. The number of aromatic nitrogens is 1. The third kappa shape index (κ3) is 3.30. The van der Waals surface area contributed by atoms with Crippen molar-refractivity contribution in [2.45, 2.75) is 19.0 Å². The Hall–Kier alpha value is -1.35. The Bertz CT molecular complexity index is 513. The molecule has 0 aliphatic rings. The van der Waals surface area contributed by atoms with E-state index >= 15 is 0 Å². The number of hydrogen-bond donors (Lipinski definition) is 2. The monoisotopic (exact) mass is 269 g/mol. The van der Waals surface area contributed by atoms with E-state index < -0.39 is 22.1 Å². The number of anilines is 1. The van der Waals surface area contributed by atoms with Gasteiger partial charge in [-0.15, -0.1) is 0 Å². The lowest BCUT2D eigenvalue weighted by Crippen LogP contribution is -2.36. The molecule has 0 aromatic carbocycles. The molecule has 0 saturated carbocycles. The van der Waals surface area contributed by atoms with E-state index in [0.717, 1.165) is 0 Å². The average molecular weight is 269 g/mol. The Morgan fingerprint density at radius 2 is 2.06 bits per heavy atom. The maximum Gasteiger partial charge on any atom is 0.511 e. The van der Waals surface area contributed by atoms with Crippen LogP contribution in [0.5, 0.6) is 0 Å². The molecule has 0 unspecified atom stereocenters. The van der Waals surface area contributed by atoms with E-state index in [1.807, 2.05) is 0 Å². The number of nitrogen functional groups attached to an aromatic ring is 1. The number of aryl methyl sites for hydroxylation is 1. The first-order chi connectivity index (χ1) is 7.63. The van der Waals surface area contributed by atoms with Crippen LogP contribution in [0.3, 0.4) is 0 Å². The van der Waals surface area contributed by atoms with Crippen molar-refractivity contribution in [2.75, 3.05) is 5.73 Å². The zero-order valence-electron chi connectivity index (χ0n) is 8.75. The number of nitrogens with two attached hydrogens (primary N) is 1. The van der Waals surface area contributed by atoms with Crippen LogP contribution in [0.4, 0.5) is 19.0 Å². The van der Waals surface area contributed by atoms with Gasteiger partial charge in [0, 0.05) is 18.3 Å². The van der Waals surface area contributed by atoms with Gasteiger partial charge in [0.1, 0.15) is 5.82 Å². The van der Waals surface area contributed by atoms with Gasteiger partial charge in [0.25, 0.3) is 0 Å². The number of halogens is 3. The van der Waals surface area contributed by atoms with Crippen LogP contribution in [0.15, 0.2) is 12.3 Å². The molecule has 1 heterocycles. The zero-order valence-corrected chi connectivity index (χ0v) is 9.56. The van der Waals surface area contributed by atoms with Crippen LogP contribution in [0.2, 0.25) is 0 Å². The van der Waals surface area contributed by atoms with Gasteiger partial charge in [0.05, 0.1) is 0 Å². The summed E-state index contributed by atoms with van der Waals surface area (Å²) < 4.78 is 58.9. The standard InChI is InChI=1S/C8H10F3N3O2S/c1-5-2-6(7(12)13-3-5)4-14-17(15,16)8(9,10)11/h2-3,14H,4H2,1H3,(H2,12,13). The van der Waals surface area contributed by atoms with Crippen molar-refractivity contribution in [1.82, 2.24) is 9.71 Å². The predicted molar refractivity (Wildman–Crippen MR) is 55.2 cm³/mol. The minimum Gasteiger partial charge on any atom is -0.383 e. The molecule has 0 atom stereocenters. The fraction of sp³-hybridized carbons (Fsp3) is 0.375. The summed E-state index contributed by atoms with van der Waals surface area (Å²) in [5, 5.41) is 0. The highest BCUT2D eigenvalue weighted by molar-refractivity contribution is 7.90. The van der Waals surface area contributed by atoms with E-state index in [9.17, 15) is 21.6 Å². The summed E-state index contributed by atoms with van der Waals surface area (Å²) in [5.41, 5.74) is 0.926. The molecular weight excluding hydrogens is 259 g/mol. The van der Waals surface area contributed by atoms with Crippen molar-refractivity contribution in [3.05, 3.63) is 23.4 Å². The fourth-order valence-electron chi connectivity index (χ4n) is 1.04. The number of pyridine rings is 1. The van der Waals surface area contributed by atoms with Gasteiger partial charge in [-0.3, -0.25) is 0 Å². The van der Waals surface area contributed by atoms with Crippen molar-refractivity contribution in [3.63, 3.8) is 0 Å². The van der Waals surface area contributed by atoms with Crippen LogP contribution in [-0.2, 0) is 16.6 Å². The van der Waals surface area contributed by atoms with E-state index in [1.165, 1.54) is 17.0 Å². The number of nitrogens with zero attached hydrogens (tertiary/aromatic N) is 1. The Labute approximate surface area is 95.9 Å². The number of hydrogen-bond acceptors (Lipinski definition) is 4. The maximum absolute atomic E-state index is 12.0. The van der Waals surface area contributed by atoms with Crippen molar-refractivity contribution in [2.24, 2.45) is 0 Å². The molecular formula is C8H10F3N3O2S. The largest absolute Gasteiger partial charge is 0.511 e. The molecule has 0 amide bonds. The molecule has 1 rings (SSSR count). The molecule has 3 N–H and O–H groups in total. The Morgan fingerprint density at radius 1 is 1.47 bits per heavy atom. The molecule has 0 aliphatic carbocycles. The summed E-state index contributed by atoms with van der Waals surface area (Å²) in [7, 11) is -5.36. The predicted octanol–water partition coefficient (Wildman–Crippen LogP) is 0.911. The van der Waals surface area contributed by atoms with Gasteiger partial charge in [-0.05, 0) is 18.6 Å². The molecule has 9 heteroatoms. The van der Waals surface area contributed by atoms with Crippen molar-refractivity contribution in [3.8, 4) is 0 Å². The summed E-state index contributed by atoms with van der Waals surface area (Å²) in [4.78, 5) is 3.70. The first-order valence-corrected chi connectivity index (χ1v) is 5.89. The molecule has 1 aromatic heterocycles. The van der Waals surface area contributed by atoms with Crippen molar-refractivity contribution < 1.29 is 21.6 Å². The molecule has 0 bridgehead atoms. The number of nitrogens with one attached hydrogen (secondary N) is 1. The van der Waals surface area contributed by atoms with Crippen LogP contribution in [0.1, 0.15) is 11.1 Å². The van der Waals surface area contributed by atoms with Gasteiger partial charge < -0.3 is 5.73 Å². The van der Waals surface area contributed by atoms with Gasteiger partial charge in [-0.2, -0.15) is 13.2 Å². The molecule has 0 radical (unpaired) electrons. The van der Waals surface area contributed by atoms with E-state index in [0.29, 0.717) is 5.56 Å². The maximum atomic E-state index is 12.0. The molecule has 0 spiro atoms. The van der Waals surface area contributed by atoms with Crippen LogP contribution in [-0.4, -0.2) is 18.9 Å². The van der Waals surface area contributed by atoms with Gasteiger partial charge in [0.2, 0.25) is 0 Å². The second kappa shape index (κ2) is 4.49. The molecule has 5 nitrogen and oxygen atoms in total. The number of sulfonamides is 1. The Balaban J connectivity index is 2.85. The summed E-state index contributed by atoms with van der Waals surface area (Å²) >= 11 is 0. The van der Waals surface area contributed by atoms with Crippen LogP contribution in [0, 0.1) is 6.92 Å². The Morgan fingerprint density at radius 3 is 2.59 bits per heavy atom. The lowest BCUT2D eigenvalue weighted by Gasteiger charge is -2.10. The van der Waals surface area contributed by atoms with Crippen LogP contribution < -0.4 is 10.5 Å². The normalized spacial score (nSPS) is 12.7. The zero-order chi connectivity index (χ0) is 13.3. The molecule has 96 valence electrons. The number of rotatable bonds is 3. The third-order valence-corrected chi connectivity index (χ3v) is 3.03. The molecule has 0 saturated heterocycles. The molecule has 0 aliphatic heterocycles.